The lowest BCUT2D eigenvalue weighted by molar-refractivity contribution is 0.304. The van der Waals surface area contributed by atoms with Crippen LogP contribution in [-0.4, -0.2) is 0 Å². The first-order chi connectivity index (χ1) is 8.70. The Labute approximate surface area is 113 Å². The molecule has 2 nitrogen and oxygen atoms in total. The number of hydrogen-bond donors (Lipinski definition) is 0. The zero-order valence-electron chi connectivity index (χ0n) is 9.36. The molecular weight excluding hydrogens is 297 g/mol. The van der Waals surface area contributed by atoms with Crippen LogP contribution < -0.4 is 4.74 Å². The van der Waals surface area contributed by atoms with E-state index in [1.807, 2.05) is 30.3 Å². The molecule has 2 aromatic carbocycles. The average Bonchev–Trinajstić information content (AvgIpc) is 2.39. The SMILES string of the molecule is N#Cc1cc(F)ccc1COc1ccccc1Br. The van der Waals surface area contributed by atoms with E-state index in [2.05, 4.69) is 15.9 Å². The van der Waals surface area contributed by atoms with E-state index in [1.54, 1.807) is 6.07 Å². The molecular formula is C14H9BrFNO. The molecule has 0 aromatic heterocycles. The highest BCUT2D eigenvalue weighted by Crippen LogP contribution is 2.25. The Kier molecular flexibility index (Phi) is 3.96. The lowest BCUT2D eigenvalue weighted by Crippen LogP contribution is -1.99. The number of hydrogen-bond acceptors (Lipinski definition) is 2. The summed E-state index contributed by atoms with van der Waals surface area (Å²) < 4.78 is 19.4. The summed E-state index contributed by atoms with van der Waals surface area (Å²) in [5.41, 5.74) is 0.955. The van der Waals surface area contributed by atoms with Gasteiger partial charge < -0.3 is 4.74 Å². The van der Waals surface area contributed by atoms with Gasteiger partial charge in [-0.3, -0.25) is 0 Å². The lowest BCUT2D eigenvalue weighted by atomic mass is 10.1. The predicted molar refractivity (Wildman–Crippen MR) is 69.6 cm³/mol. The van der Waals surface area contributed by atoms with E-state index >= 15 is 0 Å². The van der Waals surface area contributed by atoms with Crippen LogP contribution in [0, 0.1) is 17.1 Å². The van der Waals surface area contributed by atoms with Gasteiger partial charge in [0.2, 0.25) is 0 Å². The molecule has 0 unspecified atom stereocenters. The van der Waals surface area contributed by atoms with E-state index in [9.17, 15) is 4.39 Å². The maximum atomic E-state index is 13.0. The maximum Gasteiger partial charge on any atom is 0.133 e. The van der Waals surface area contributed by atoms with Crippen molar-refractivity contribution < 1.29 is 9.13 Å². The molecule has 0 aliphatic carbocycles. The third-order valence-corrected chi connectivity index (χ3v) is 3.07. The Morgan fingerprint density at radius 3 is 2.72 bits per heavy atom. The topological polar surface area (TPSA) is 33.0 Å². The van der Waals surface area contributed by atoms with Gasteiger partial charge in [-0.15, -0.1) is 0 Å². The van der Waals surface area contributed by atoms with Crippen LogP contribution in [0.1, 0.15) is 11.1 Å². The van der Waals surface area contributed by atoms with Gasteiger partial charge in [-0.2, -0.15) is 5.26 Å². The third kappa shape index (κ3) is 2.88. The van der Waals surface area contributed by atoms with Crippen molar-refractivity contribution >= 4 is 15.9 Å². The molecule has 0 amide bonds. The smallest absolute Gasteiger partial charge is 0.133 e. The first-order valence-corrected chi connectivity index (χ1v) is 6.06. The van der Waals surface area contributed by atoms with Crippen molar-refractivity contribution in [1.29, 1.82) is 5.26 Å². The van der Waals surface area contributed by atoms with Gasteiger partial charge in [-0.05, 0) is 40.2 Å². The maximum absolute atomic E-state index is 13.0. The molecule has 0 N–H and O–H groups in total. The van der Waals surface area contributed by atoms with Gasteiger partial charge in [-0.1, -0.05) is 18.2 Å². The second-order valence-corrected chi connectivity index (χ2v) is 4.49. The molecule has 2 aromatic rings. The van der Waals surface area contributed by atoms with Gasteiger partial charge in [-0.25, -0.2) is 4.39 Å². The molecule has 0 aliphatic rings. The van der Waals surface area contributed by atoms with Gasteiger partial charge in [0.15, 0.2) is 0 Å². The van der Waals surface area contributed by atoms with E-state index in [0.29, 0.717) is 16.9 Å². The number of ether oxygens (including phenoxy) is 1. The summed E-state index contributed by atoms with van der Waals surface area (Å²) in [6, 6.07) is 13.5. The van der Waals surface area contributed by atoms with Crippen molar-refractivity contribution in [2.24, 2.45) is 0 Å². The number of rotatable bonds is 3. The van der Waals surface area contributed by atoms with Crippen LogP contribution in [0.5, 0.6) is 5.75 Å². The first-order valence-electron chi connectivity index (χ1n) is 5.26. The minimum atomic E-state index is -0.420. The summed E-state index contributed by atoms with van der Waals surface area (Å²) in [7, 11) is 0. The molecule has 0 saturated carbocycles. The second-order valence-electron chi connectivity index (χ2n) is 3.63. The Hall–Kier alpha value is -1.86. The standard InChI is InChI=1S/C14H9BrFNO/c15-13-3-1-2-4-14(13)18-9-10-5-6-12(16)7-11(10)8-17/h1-7H,9H2. The highest BCUT2D eigenvalue weighted by molar-refractivity contribution is 9.10. The summed E-state index contributed by atoms with van der Waals surface area (Å²) >= 11 is 3.37. The Balaban J connectivity index is 2.16. The fourth-order valence-electron chi connectivity index (χ4n) is 1.50. The highest BCUT2D eigenvalue weighted by atomic mass is 79.9. The van der Waals surface area contributed by atoms with Gasteiger partial charge in [0.05, 0.1) is 16.1 Å². The fraction of sp³-hybridized carbons (Fsp3) is 0.0714. The van der Waals surface area contributed by atoms with Gasteiger partial charge >= 0.3 is 0 Å². The van der Waals surface area contributed by atoms with E-state index < -0.39 is 5.82 Å². The zero-order chi connectivity index (χ0) is 13.0. The number of nitrogens with zero attached hydrogens (tertiary/aromatic N) is 1. The van der Waals surface area contributed by atoms with Gasteiger partial charge in [0, 0.05) is 5.56 Å². The molecule has 2 rings (SSSR count). The van der Waals surface area contributed by atoms with Crippen LogP contribution >= 0.6 is 15.9 Å². The van der Waals surface area contributed by atoms with Crippen LogP contribution in [0.4, 0.5) is 4.39 Å². The fourth-order valence-corrected chi connectivity index (χ4v) is 1.90. The van der Waals surface area contributed by atoms with Crippen LogP contribution in [0.2, 0.25) is 0 Å². The quantitative estimate of drug-likeness (QED) is 0.857. The van der Waals surface area contributed by atoms with E-state index in [0.717, 1.165) is 4.47 Å². The van der Waals surface area contributed by atoms with Crippen molar-refractivity contribution in [2.75, 3.05) is 0 Å². The molecule has 0 aliphatic heterocycles. The molecule has 0 atom stereocenters. The van der Waals surface area contributed by atoms with Crippen molar-refractivity contribution in [1.82, 2.24) is 0 Å². The Morgan fingerprint density at radius 2 is 2.00 bits per heavy atom. The average molecular weight is 306 g/mol. The summed E-state index contributed by atoms with van der Waals surface area (Å²) in [6.45, 7) is 0.228. The largest absolute Gasteiger partial charge is 0.488 e. The minimum Gasteiger partial charge on any atom is -0.488 e. The Morgan fingerprint density at radius 1 is 1.22 bits per heavy atom. The van der Waals surface area contributed by atoms with E-state index in [1.165, 1.54) is 12.1 Å². The molecule has 0 spiro atoms. The van der Waals surface area contributed by atoms with Crippen LogP contribution in [-0.2, 0) is 6.61 Å². The number of nitriles is 1. The van der Waals surface area contributed by atoms with Crippen LogP contribution in [0.15, 0.2) is 46.9 Å². The molecule has 0 saturated heterocycles. The summed E-state index contributed by atoms with van der Waals surface area (Å²) in [4.78, 5) is 0. The molecule has 0 heterocycles. The van der Waals surface area contributed by atoms with Crippen molar-refractivity contribution in [3.63, 3.8) is 0 Å². The third-order valence-electron chi connectivity index (χ3n) is 2.41. The predicted octanol–water partition coefficient (Wildman–Crippen LogP) is 4.04. The normalized spacial score (nSPS) is 9.83. The molecule has 4 heteroatoms. The lowest BCUT2D eigenvalue weighted by Gasteiger charge is -2.09. The summed E-state index contributed by atoms with van der Waals surface area (Å²) in [5.74, 6) is 0.266. The van der Waals surface area contributed by atoms with Gasteiger partial charge in [0.1, 0.15) is 18.2 Å². The molecule has 18 heavy (non-hydrogen) atoms. The number of halogens is 2. The molecule has 0 bridgehead atoms. The number of benzene rings is 2. The molecule has 0 radical (unpaired) electrons. The second kappa shape index (κ2) is 5.65. The minimum absolute atomic E-state index is 0.228. The summed E-state index contributed by atoms with van der Waals surface area (Å²) in [6.07, 6.45) is 0. The van der Waals surface area contributed by atoms with Gasteiger partial charge in [0.25, 0.3) is 0 Å². The van der Waals surface area contributed by atoms with Crippen LogP contribution in [0.25, 0.3) is 0 Å². The molecule has 0 fully saturated rings. The Bertz CT molecular complexity index is 607. The zero-order valence-corrected chi connectivity index (χ0v) is 10.9. The van der Waals surface area contributed by atoms with Crippen molar-refractivity contribution in [3.05, 3.63) is 63.9 Å². The van der Waals surface area contributed by atoms with Crippen LogP contribution in [0.3, 0.4) is 0 Å². The number of para-hydroxylation sites is 1. The molecule has 90 valence electrons. The highest BCUT2D eigenvalue weighted by Gasteiger charge is 2.06. The first kappa shape index (κ1) is 12.6. The van der Waals surface area contributed by atoms with Crippen molar-refractivity contribution in [2.45, 2.75) is 6.61 Å². The van der Waals surface area contributed by atoms with Crippen molar-refractivity contribution in [3.8, 4) is 11.8 Å². The monoisotopic (exact) mass is 305 g/mol. The van der Waals surface area contributed by atoms with E-state index in [4.69, 9.17) is 10.00 Å². The summed E-state index contributed by atoms with van der Waals surface area (Å²) in [5, 5.41) is 8.91. The van der Waals surface area contributed by atoms with E-state index in [-0.39, 0.29) is 6.61 Å².